The lowest BCUT2D eigenvalue weighted by Gasteiger charge is -2.33. The number of fused-ring (bicyclic) bond motifs is 2. The van der Waals surface area contributed by atoms with E-state index in [2.05, 4.69) is 5.32 Å². The first-order chi connectivity index (χ1) is 17.3. The van der Waals surface area contributed by atoms with Crippen LogP contribution in [0, 0.1) is 20.8 Å². The van der Waals surface area contributed by atoms with E-state index in [9.17, 15) is 14.4 Å². The summed E-state index contributed by atoms with van der Waals surface area (Å²) >= 11 is 1.32. The fraction of sp³-hybridized carbons (Fsp3) is 0.276. The summed E-state index contributed by atoms with van der Waals surface area (Å²) in [6.07, 6.45) is 0.787. The van der Waals surface area contributed by atoms with Gasteiger partial charge in [0.25, 0.3) is 5.91 Å². The Morgan fingerprint density at radius 2 is 1.75 bits per heavy atom. The molecular formula is C29H29N3O3S. The molecule has 0 aromatic heterocycles. The molecule has 184 valence electrons. The van der Waals surface area contributed by atoms with Crippen LogP contribution in [0.4, 0.5) is 17.1 Å². The Morgan fingerprint density at radius 1 is 0.972 bits per heavy atom. The molecule has 1 spiro atoms. The van der Waals surface area contributed by atoms with Crippen LogP contribution in [0.1, 0.15) is 34.7 Å². The molecule has 0 aliphatic carbocycles. The maximum Gasteiger partial charge on any atom is 0.269 e. The minimum absolute atomic E-state index is 0.120. The summed E-state index contributed by atoms with van der Waals surface area (Å²) in [5.41, 5.74) is 7.07. The van der Waals surface area contributed by atoms with Crippen molar-refractivity contribution in [2.24, 2.45) is 0 Å². The molecule has 36 heavy (non-hydrogen) atoms. The van der Waals surface area contributed by atoms with E-state index in [-0.39, 0.29) is 30.0 Å². The van der Waals surface area contributed by atoms with Gasteiger partial charge in [0.2, 0.25) is 16.7 Å². The number of carbonyl (C=O) groups is 3. The number of carbonyl (C=O) groups excluding carboxylic acids is 3. The van der Waals surface area contributed by atoms with Crippen LogP contribution >= 0.6 is 11.8 Å². The van der Waals surface area contributed by atoms with Gasteiger partial charge in [0.15, 0.2) is 0 Å². The van der Waals surface area contributed by atoms with Crippen LogP contribution in [0.2, 0.25) is 0 Å². The maximum absolute atomic E-state index is 14.2. The van der Waals surface area contributed by atoms with Crippen LogP contribution in [-0.2, 0) is 25.7 Å². The number of para-hydroxylation sites is 2. The largest absolute Gasteiger partial charge is 0.324 e. The van der Waals surface area contributed by atoms with E-state index in [1.807, 2.05) is 88.4 Å². The number of hydrogen-bond acceptors (Lipinski definition) is 4. The third-order valence-corrected chi connectivity index (χ3v) is 8.50. The summed E-state index contributed by atoms with van der Waals surface area (Å²) in [4.78, 5) is 42.6. The number of hydrogen-bond donors (Lipinski definition) is 1. The van der Waals surface area contributed by atoms with Gasteiger partial charge in [0.05, 0.1) is 11.4 Å². The number of rotatable bonds is 5. The van der Waals surface area contributed by atoms with Gasteiger partial charge in [-0.3, -0.25) is 24.2 Å². The first-order valence-corrected chi connectivity index (χ1v) is 13.1. The van der Waals surface area contributed by atoms with Gasteiger partial charge in [0.1, 0.15) is 6.54 Å². The van der Waals surface area contributed by atoms with Crippen LogP contribution < -0.4 is 15.1 Å². The molecule has 3 aromatic rings. The van der Waals surface area contributed by atoms with Gasteiger partial charge in [-0.2, -0.15) is 0 Å². The van der Waals surface area contributed by atoms with Crippen molar-refractivity contribution in [1.29, 1.82) is 0 Å². The fourth-order valence-corrected chi connectivity index (χ4v) is 6.46. The molecule has 2 aliphatic heterocycles. The maximum atomic E-state index is 14.2. The monoisotopic (exact) mass is 499 g/mol. The normalized spacial score (nSPS) is 18.8. The van der Waals surface area contributed by atoms with Crippen molar-refractivity contribution in [2.75, 3.05) is 27.4 Å². The highest BCUT2D eigenvalue weighted by Crippen LogP contribution is 2.55. The second kappa shape index (κ2) is 9.13. The minimum Gasteiger partial charge on any atom is -0.324 e. The minimum atomic E-state index is -1.23. The molecule has 1 unspecified atom stereocenters. The highest BCUT2D eigenvalue weighted by atomic mass is 32.2. The van der Waals surface area contributed by atoms with Crippen molar-refractivity contribution in [3.63, 3.8) is 0 Å². The zero-order chi connectivity index (χ0) is 25.6. The number of benzene rings is 3. The number of thioether (sulfide) groups is 1. The Morgan fingerprint density at radius 3 is 2.50 bits per heavy atom. The van der Waals surface area contributed by atoms with Crippen molar-refractivity contribution in [2.45, 2.75) is 39.0 Å². The molecule has 0 radical (unpaired) electrons. The Labute approximate surface area is 215 Å². The number of nitrogens with one attached hydrogen (secondary N) is 1. The van der Waals surface area contributed by atoms with Crippen molar-refractivity contribution < 1.29 is 14.4 Å². The molecule has 6 nitrogen and oxygen atoms in total. The average molecular weight is 500 g/mol. The third-order valence-electron chi connectivity index (χ3n) is 7.12. The van der Waals surface area contributed by atoms with E-state index >= 15 is 0 Å². The summed E-state index contributed by atoms with van der Waals surface area (Å²) in [6.45, 7) is 7.89. The van der Waals surface area contributed by atoms with E-state index in [1.54, 1.807) is 4.90 Å². The molecular weight excluding hydrogens is 470 g/mol. The predicted molar refractivity (Wildman–Crippen MR) is 146 cm³/mol. The van der Waals surface area contributed by atoms with Gasteiger partial charge in [0, 0.05) is 16.9 Å². The zero-order valence-corrected chi connectivity index (χ0v) is 21.7. The van der Waals surface area contributed by atoms with Crippen LogP contribution in [0.25, 0.3) is 0 Å². The molecule has 1 atom stereocenters. The van der Waals surface area contributed by atoms with Gasteiger partial charge in [-0.1, -0.05) is 49.4 Å². The molecule has 3 aromatic carbocycles. The quantitative estimate of drug-likeness (QED) is 0.531. The van der Waals surface area contributed by atoms with Crippen molar-refractivity contribution in [1.82, 2.24) is 0 Å². The lowest BCUT2D eigenvalue weighted by molar-refractivity contribution is -0.124. The van der Waals surface area contributed by atoms with E-state index in [4.69, 9.17) is 0 Å². The Bertz CT molecular complexity index is 1400. The standard InChI is InChI=1S/C29H29N3O3S/c1-5-21-10-8-9-19(3)27(21)30-25(33)16-31-24-12-7-6-11-23(24)29(28(31)35)32(26(34)17-36-29)22-14-13-18(2)20(4)15-22/h6-15H,5,16-17H2,1-4H3,(H,30,33). The van der Waals surface area contributed by atoms with Gasteiger partial charge >= 0.3 is 0 Å². The van der Waals surface area contributed by atoms with Gasteiger partial charge in [-0.25, -0.2) is 0 Å². The Hall–Kier alpha value is -3.58. The second-order valence-corrected chi connectivity index (χ2v) is 10.5. The van der Waals surface area contributed by atoms with Gasteiger partial charge in [-0.15, -0.1) is 11.8 Å². The fourth-order valence-electron chi connectivity index (χ4n) is 5.10. The van der Waals surface area contributed by atoms with E-state index in [0.717, 1.165) is 39.9 Å². The molecule has 1 fully saturated rings. The smallest absolute Gasteiger partial charge is 0.269 e. The van der Waals surface area contributed by atoms with Crippen molar-refractivity contribution in [3.05, 3.63) is 88.5 Å². The number of nitrogens with zero attached hydrogens (tertiary/aromatic N) is 2. The first-order valence-electron chi connectivity index (χ1n) is 12.1. The topological polar surface area (TPSA) is 69.7 Å². The van der Waals surface area contributed by atoms with Crippen LogP contribution in [-0.4, -0.2) is 30.0 Å². The number of aryl methyl sites for hydroxylation is 4. The van der Waals surface area contributed by atoms with E-state index in [0.29, 0.717) is 11.4 Å². The van der Waals surface area contributed by atoms with Gasteiger partial charge in [-0.05, 0) is 67.6 Å². The molecule has 5 rings (SSSR count). The molecule has 7 heteroatoms. The molecule has 3 amide bonds. The average Bonchev–Trinajstić information content (AvgIpc) is 3.33. The summed E-state index contributed by atoms with van der Waals surface area (Å²) < 4.78 is 0. The Kier molecular flexibility index (Phi) is 6.12. The van der Waals surface area contributed by atoms with Crippen molar-refractivity contribution >= 4 is 46.5 Å². The highest BCUT2D eigenvalue weighted by Gasteiger charge is 2.61. The lowest BCUT2D eigenvalue weighted by atomic mass is 10.0. The molecule has 1 saturated heterocycles. The SMILES string of the molecule is CCc1cccc(C)c1NC(=O)CN1C(=O)C2(SCC(=O)N2c2ccc(C)c(C)c2)c2ccccc21. The predicted octanol–water partition coefficient (Wildman–Crippen LogP) is 5.09. The zero-order valence-electron chi connectivity index (χ0n) is 20.9. The summed E-state index contributed by atoms with van der Waals surface area (Å²) in [5, 5.41) is 3.03. The Balaban J connectivity index is 1.52. The summed E-state index contributed by atoms with van der Waals surface area (Å²) in [6, 6.07) is 19.2. The number of anilines is 3. The molecule has 0 bridgehead atoms. The second-order valence-electron chi connectivity index (χ2n) is 9.35. The highest BCUT2D eigenvalue weighted by molar-refractivity contribution is 8.02. The van der Waals surface area contributed by atoms with Gasteiger partial charge < -0.3 is 5.32 Å². The summed E-state index contributed by atoms with van der Waals surface area (Å²) in [5.74, 6) is -0.472. The van der Waals surface area contributed by atoms with Crippen LogP contribution in [0.15, 0.2) is 60.7 Å². The third kappa shape index (κ3) is 3.69. The number of amides is 3. The molecule has 0 saturated carbocycles. The molecule has 1 N–H and O–H groups in total. The van der Waals surface area contributed by atoms with E-state index < -0.39 is 4.87 Å². The van der Waals surface area contributed by atoms with Crippen LogP contribution in [0.5, 0.6) is 0 Å². The van der Waals surface area contributed by atoms with E-state index in [1.165, 1.54) is 16.7 Å². The first kappa shape index (κ1) is 24.1. The summed E-state index contributed by atoms with van der Waals surface area (Å²) in [7, 11) is 0. The van der Waals surface area contributed by atoms with Crippen LogP contribution in [0.3, 0.4) is 0 Å². The molecule has 2 aliphatic rings. The van der Waals surface area contributed by atoms with Crippen molar-refractivity contribution in [3.8, 4) is 0 Å². The molecule has 2 heterocycles. The lowest BCUT2D eigenvalue weighted by Crippen LogP contribution is -2.51.